The van der Waals surface area contributed by atoms with E-state index in [1.165, 1.54) is 11.1 Å². The molecule has 4 rings (SSSR count). The zero-order valence-corrected chi connectivity index (χ0v) is 16.3. The molecule has 3 nitrogen and oxygen atoms in total. The molecule has 1 aliphatic rings. The van der Waals surface area contributed by atoms with Crippen molar-refractivity contribution < 1.29 is 9.53 Å². The summed E-state index contributed by atoms with van der Waals surface area (Å²) in [6.45, 7) is 0.393. The number of nitrogens with one attached hydrogen (secondary N) is 1. The number of fused-ring (bicyclic) bond motifs is 1. The quantitative estimate of drug-likeness (QED) is 0.603. The molecule has 0 fully saturated rings. The first kappa shape index (κ1) is 18.6. The Labute approximate surface area is 170 Å². The molecule has 0 aromatic heterocycles. The van der Waals surface area contributed by atoms with E-state index in [1.54, 1.807) is 12.1 Å². The van der Waals surface area contributed by atoms with Crippen LogP contribution in [0.25, 0.3) is 0 Å². The molecule has 0 spiro atoms. The van der Waals surface area contributed by atoms with Gasteiger partial charge in [0, 0.05) is 16.1 Å². The fourth-order valence-corrected chi connectivity index (χ4v) is 3.81. The predicted molar refractivity (Wildman–Crippen MR) is 112 cm³/mol. The molecule has 28 heavy (non-hydrogen) atoms. The number of hydrogen-bond acceptors (Lipinski definition) is 2. The number of hydrogen-bond donors (Lipinski definition) is 1. The summed E-state index contributed by atoms with van der Waals surface area (Å²) in [5, 5.41) is 3.87. The second kappa shape index (κ2) is 8.49. The number of amides is 1. The summed E-state index contributed by atoms with van der Waals surface area (Å²) in [4.78, 5) is 12.7. The van der Waals surface area contributed by atoms with E-state index in [1.807, 2.05) is 42.5 Å². The van der Waals surface area contributed by atoms with Gasteiger partial charge in [0.15, 0.2) is 0 Å². The van der Waals surface area contributed by atoms with Crippen LogP contribution in [-0.2, 0) is 13.0 Å². The molecule has 0 unspecified atom stereocenters. The fraction of sp³-hybridized carbons (Fsp3) is 0.208. The van der Waals surface area contributed by atoms with Gasteiger partial charge in [-0.05, 0) is 60.7 Å². The first-order chi connectivity index (χ1) is 13.7. The van der Waals surface area contributed by atoms with Crippen molar-refractivity contribution in [2.45, 2.75) is 31.9 Å². The Morgan fingerprint density at radius 1 is 1.00 bits per heavy atom. The molecule has 4 heteroatoms. The van der Waals surface area contributed by atoms with Gasteiger partial charge in [-0.1, -0.05) is 54.1 Å². The highest BCUT2D eigenvalue weighted by molar-refractivity contribution is 6.31. The number of ether oxygens (including phenoxy) is 1. The van der Waals surface area contributed by atoms with Crippen LogP contribution >= 0.6 is 11.6 Å². The fourth-order valence-electron chi connectivity index (χ4n) is 3.62. The van der Waals surface area contributed by atoms with Gasteiger partial charge in [-0.15, -0.1) is 0 Å². The van der Waals surface area contributed by atoms with E-state index >= 15 is 0 Å². The summed E-state index contributed by atoms with van der Waals surface area (Å²) >= 11 is 6.15. The van der Waals surface area contributed by atoms with E-state index in [-0.39, 0.29) is 11.9 Å². The second-order valence-corrected chi connectivity index (χ2v) is 7.43. The van der Waals surface area contributed by atoms with Crippen LogP contribution in [0.2, 0.25) is 5.02 Å². The van der Waals surface area contributed by atoms with Crippen molar-refractivity contribution in [1.82, 2.24) is 5.32 Å². The van der Waals surface area contributed by atoms with Gasteiger partial charge in [-0.2, -0.15) is 0 Å². The Balaban J connectivity index is 1.39. The third kappa shape index (κ3) is 4.20. The van der Waals surface area contributed by atoms with Crippen LogP contribution in [-0.4, -0.2) is 5.91 Å². The summed E-state index contributed by atoms with van der Waals surface area (Å²) in [6, 6.07) is 23.3. The normalized spacial score (nSPS) is 15.5. The van der Waals surface area contributed by atoms with Crippen LogP contribution in [0, 0.1) is 0 Å². The first-order valence-electron chi connectivity index (χ1n) is 9.55. The number of carbonyl (C=O) groups excluding carboxylic acids is 1. The Morgan fingerprint density at radius 3 is 2.57 bits per heavy atom. The van der Waals surface area contributed by atoms with E-state index in [9.17, 15) is 4.79 Å². The average Bonchev–Trinajstić information content (AvgIpc) is 2.74. The largest absolute Gasteiger partial charge is 0.489 e. The van der Waals surface area contributed by atoms with Gasteiger partial charge < -0.3 is 10.1 Å². The molecule has 0 heterocycles. The van der Waals surface area contributed by atoms with Crippen molar-refractivity contribution >= 4 is 17.5 Å². The number of benzene rings is 3. The van der Waals surface area contributed by atoms with Crippen molar-refractivity contribution in [3.05, 3.63) is 100 Å². The maximum atomic E-state index is 12.7. The summed E-state index contributed by atoms with van der Waals surface area (Å²) < 4.78 is 5.79. The molecule has 1 atom stereocenters. The Hall–Kier alpha value is -2.78. The predicted octanol–water partition coefficient (Wildman–Crippen LogP) is 5.73. The highest BCUT2D eigenvalue weighted by Gasteiger charge is 2.21. The maximum absolute atomic E-state index is 12.7. The van der Waals surface area contributed by atoms with Crippen molar-refractivity contribution in [3.8, 4) is 5.75 Å². The molecule has 1 amide bonds. The van der Waals surface area contributed by atoms with E-state index in [0.717, 1.165) is 24.8 Å². The lowest BCUT2D eigenvalue weighted by Gasteiger charge is -2.26. The minimum absolute atomic E-state index is 0.0562. The summed E-state index contributed by atoms with van der Waals surface area (Å²) in [6.07, 6.45) is 3.15. The van der Waals surface area contributed by atoms with Crippen molar-refractivity contribution in [2.75, 3.05) is 0 Å². The average molecular weight is 392 g/mol. The third-order valence-electron chi connectivity index (χ3n) is 5.14. The van der Waals surface area contributed by atoms with Gasteiger partial charge in [0.05, 0.1) is 6.04 Å². The van der Waals surface area contributed by atoms with Crippen molar-refractivity contribution in [1.29, 1.82) is 0 Å². The van der Waals surface area contributed by atoms with Gasteiger partial charge in [0.25, 0.3) is 5.91 Å². The molecule has 0 aliphatic heterocycles. The number of aryl methyl sites for hydroxylation is 1. The molecule has 0 radical (unpaired) electrons. The molecular formula is C24H22ClNO2. The van der Waals surface area contributed by atoms with Crippen LogP contribution in [0.5, 0.6) is 5.75 Å². The minimum Gasteiger partial charge on any atom is -0.489 e. The molecule has 0 saturated carbocycles. The van der Waals surface area contributed by atoms with Crippen LogP contribution in [0.15, 0.2) is 72.8 Å². The van der Waals surface area contributed by atoms with Crippen molar-refractivity contribution in [2.24, 2.45) is 0 Å². The molecule has 1 N–H and O–H groups in total. The lowest BCUT2D eigenvalue weighted by Crippen LogP contribution is -2.30. The standard InChI is InChI=1S/C24H22ClNO2/c25-22-10-4-2-7-19(22)16-28-20-14-12-18(13-15-20)24(27)26-23-11-5-8-17-6-1-3-9-21(17)23/h1-4,6-7,9-10,12-15,23H,5,8,11,16H2,(H,26,27)/t23-/m0/s1. The molecule has 0 bridgehead atoms. The van der Waals surface area contributed by atoms with E-state index in [2.05, 4.69) is 23.5 Å². The Morgan fingerprint density at radius 2 is 1.75 bits per heavy atom. The number of rotatable bonds is 5. The van der Waals surface area contributed by atoms with E-state index in [0.29, 0.717) is 22.9 Å². The second-order valence-electron chi connectivity index (χ2n) is 7.02. The maximum Gasteiger partial charge on any atom is 0.251 e. The zero-order valence-electron chi connectivity index (χ0n) is 15.5. The van der Waals surface area contributed by atoms with Gasteiger partial charge in [0.1, 0.15) is 12.4 Å². The lowest BCUT2D eigenvalue weighted by atomic mass is 9.87. The molecule has 142 valence electrons. The summed E-state index contributed by atoms with van der Waals surface area (Å²) in [5.41, 5.74) is 4.14. The third-order valence-corrected chi connectivity index (χ3v) is 5.51. The van der Waals surface area contributed by atoms with Gasteiger partial charge >= 0.3 is 0 Å². The number of halogens is 1. The molecule has 3 aromatic carbocycles. The highest BCUT2D eigenvalue weighted by Crippen LogP contribution is 2.29. The monoisotopic (exact) mass is 391 g/mol. The topological polar surface area (TPSA) is 38.3 Å². The first-order valence-corrected chi connectivity index (χ1v) is 9.93. The Bertz CT molecular complexity index is 968. The molecule has 0 saturated heterocycles. The smallest absolute Gasteiger partial charge is 0.251 e. The summed E-state index contributed by atoms with van der Waals surface area (Å²) in [7, 11) is 0. The van der Waals surface area contributed by atoms with Gasteiger partial charge in [0.2, 0.25) is 0 Å². The summed E-state index contributed by atoms with van der Waals surface area (Å²) in [5.74, 6) is 0.652. The van der Waals surface area contributed by atoms with Crippen LogP contribution in [0.4, 0.5) is 0 Å². The van der Waals surface area contributed by atoms with Gasteiger partial charge in [-0.25, -0.2) is 0 Å². The molecule has 1 aliphatic carbocycles. The Kier molecular flexibility index (Phi) is 5.63. The molecular weight excluding hydrogens is 370 g/mol. The molecule has 3 aromatic rings. The lowest BCUT2D eigenvalue weighted by molar-refractivity contribution is 0.0932. The van der Waals surface area contributed by atoms with E-state index < -0.39 is 0 Å². The minimum atomic E-state index is -0.0562. The van der Waals surface area contributed by atoms with E-state index in [4.69, 9.17) is 16.3 Å². The zero-order chi connectivity index (χ0) is 19.3. The van der Waals surface area contributed by atoms with Gasteiger partial charge in [-0.3, -0.25) is 4.79 Å². The number of carbonyl (C=O) groups is 1. The van der Waals surface area contributed by atoms with Crippen LogP contribution in [0.3, 0.4) is 0 Å². The van der Waals surface area contributed by atoms with Crippen molar-refractivity contribution in [3.63, 3.8) is 0 Å². The van der Waals surface area contributed by atoms with Crippen LogP contribution < -0.4 is 10.1 Å². The highest BCUT2D eigenvalue weighted by atomic mass is 35.5. The van der Waals surface area contributed by atoms with Crippen LogP contribution in [0.1, 0.15) is 45.9 Å². The SMILES string of the molecule is O=C(N[C@H]1CCCc2ccccc21)c1ccc(OCc2ccccc2Cl)cc1.